The maximum Gasteiger partial charge on any atom is 0.435 e. The summed E-state index contributed by atoms with van der Waals surface area (Å²) in [6.45, 7) is 0. The van der Waals surface area contributed by atoms with Crippen molar-refractivity contribution in [1.29, 1.82) is 0 Å². The molecule has 0 saturated heterocycles. The summed E-state index contributed by atoms with van der Waals surface area (Å²) in [4.78, 5) is 28.8. The standard InChI is InChI=1S/C18H12Cl2F3N5O2/c1-24-16(29)10-5-4-9(19)7-12(10)26-17(30)13-8-14(18(21,22)23)27-28(13)15-11(20)3-2-6-25-15/h2-8H,1H3,(H,24,29)(H,26,30). The molecular formula is C18H12Cl2F3N5O2. The van der Waals surface area contributed by atoms with Gasteiger partial charge in [0.2, 0.25) is 0 Å². The predicted octanol–water partition coefficient (Wildman–Crippen LogP) is 4.20. The van der Waals surface area contributed by atoms with Crippen LogP contribution in [-0.2, 0) is 6.18 Å². The van der Waals surface area contributed by atoms with Gasteiger partial charge in [-0.3, -0.25) is 9.59 Å². The highest BCUT2D eigenvalue weighted by atomic mass is 35.5. The van der Waals surface area contributed by atoms with Crippen LogP contribution in [0.5, 0.6) is 0 Å². The van der Waals surface area contributed by atoms with Gasteiger partial charge in [-0.1, -0.05) is 23.2 Å². The molecule has 0 saturated carbocycles. The Bertz CT molecular complexity index is 1130. The van der Waals surface area contributed by atoms with Crippen LogP contribution in [0, 0.1) is 0 Å². The Labute approximate surface area is 177 Å². The number of carbonyl (C=O) groups is 2. The summed E-state index contributed by atoms with van der Waals surface area (Å²) in [7, 11) is 1.39. The number of nitrogens with zero attached hydrogens (tertiary/aromatic N) is 3. The molecule has 0 aliphatic heterocycles. The number of halogens is 5. The van der Waals surface area contributed by atoms with E-state index >= 15 is 0 Å². The molecule has 3 aromatic rings. The molecule has 0 fully saturated rings. The third kappa shape index (κ3) is 4.39. The number of anilines is 1. The number of nitrogens with one attached hydrogen (secondary N) is 2. The summed E-state index contributed by atoms with van der Waals surface area (Å²) in [6.07, 6.45) is -3.52. The van der Waals surface area contributed by atoms with E-state index in [4.69, 9.17) is 23.2 Å². The van der Waals surface area contributed by atoms with Gasteiger partial charge in [0.05, 0.1) is 16.3 Å². The number of pyridine rings is 1. The fourth-order valence-corrected chi connectivity index (χ4v) is 2.89. The summed E-state index contributed by atoms with van der Waals surface area (Å²) in [6, 6.07) is 7.52. The molecular weight excluding hydrogens is 446 g/mol. The molecule has 2 amide bonds. The summed E-state index contributed by atoms with van der Waals surface area (Å²) in [5, 5.41) is 8.42. The number of rotatable bonds is 4. The van der Waals surface area contributed by atoms with E-state index in [1.807, 2.05) is 0 Å². The van der Waals surface area contributed by atoms with Crippen molar-refractivity contribution in [2.24, 2.45) is 0 Å². The van der Waals surface area contributed by atoms with Gasteiger partial charge in [0.15, 0.2) is 11.5 Å². The molecule has 156 valence electrons. The second kappa shape index (κ2) is 8.33. The van der Waals surface area contributed by atoms with Crippen LogP contribution >= 0.6 is 23.2 Å². The molecule has 3 rings (SSSR count). The van der Waals surface area contributed by atoms with Gasteiger partial charge in [0.25, 0.3) is 11.8 Å². The minimum Gasteiger partial charge on any atom is -0.355 e. The maximum atomic E-state index is 13.2. The van der Waals surface area contributed by atoms with Crippen LogP contribution < -0.4 is 10.6 Å². The number of benzene rings is 1. The van der Waals surface area contributed by atoms with E-state index < -0.39 is 29.4 Å². The van der Waals surface area contributed by atoms with Crippen LogP contribution in [0.15, 0.2) is 42.6 Å². The first-order chi connectivity index (χ1) is 14.1. The van der Waals surface area contributed by atoms with Gasteiger partial charge in [-0.05, 0) is 30.3 Å². The Morgan fingerprint density at radius 3 is 2.47 bits per heavy atom. The average molecular weight is 458 g/mol. The normalized spacial score (nSPS) is 11.3. The van der Waals surface area contributed by atoms with E-state index in [1.54, 1.807) is 0 Å². The molecule has 0 radical (unpaired) electrons. The summed E-state index contributed by atoms with van der Waals surface area (Å²) in [5.41, 5.74) is -1.74. The van der Waals surface area contributed by atoms with Crippen LogP contribution in [0.3, 0.4) is 0 Å². The largest absolute Gasteiger partial charge is 0.435 e. The highest BCUT2D eigenvalue weighted by molar-refractivity contribution is 6.32. The molecule has 1 aromatic carbocycles. The molecule has 2 aromatic heterocycles. The molecule has 7 nitrogen and oxygen atoms in total. The third-order valence-electron chi connectivity index (χ3n) is 3.87. The Balaban J connectivity index is 2.09. The summed E-state index contributed by atoms with van der Waals surface area (Å²) < 4.78 is 40.4. The van der Waals surface area contributed by atoms with Crippen molar-refractivity contribution in [3.63, 3.8) is 0 Å². The van der Waals surface area contributed by atoms with Crippen molar-refractivity contribution in [1.82, 2.24) is 20.1 Å². The average Bonchev–Trinajstić information content (AvgIpc) is 3.14. The van der Waals surface area contributed by atoms with Crippen LogP contribution in [0.4, 0.5) is 18.9 Å². The van der Waals surface area contributed by atoms with Gasteiger partial charge < -0.3 is 10.6 Å². The lowest BCUT2D eigenvalue weighted by molar-refractivity contribution is -0.141. The molecule has 2 heterocycles. The zero-order chi connectivity index (χ0) is 22.1. The Morgan fingerprint density at radius 2 is 1.83 bits per heavy atom. The molecule has 0 aliphatic carbocycles. The molecule has 30 heavy (non-hydrogen) atoms. The molecule has 0 bridgehead atoms. The first kappa shape index (κ1) is 21.6. The van der Waals surface area contributed by atoms with Crippen molar-refractivity contribution in [2.45, 2.75) is 6.18 Å². The van der Waals surface area contributed by atoms with Crippen molar-refractivity contribution in [2.75, 3.05) is 12.4 Å². The predicted molar refractivity (Wildman–Crippen MR) is 104 cm³/mol. The Morgan fingerprint density at radius 1 is 1.10 bits per heavy atom. The minimum absolute atomic E-state index is 0.000256. The zero-order valence-electron chi connectivity index (χ0n) is 15.1. The molecule has 0 spiro atoms. The number of hydrogen-bond donors (Lipinski definition) is 2. The van der Waals surface area contributed by atoms with Crippen LogP contribution in [0.2, 0.25) is 10.0 Å². The van der Waals surface area contributed by atoms with Crippen molar-refractivity contribution < 1.29 is 22.8 Å². The first-order valence-electron chi connectivity index (χ1n) is 8.23. The maximum absolute atomic E-state index is 13.2. The number of aromatic nitrogens is 3. The lowest BCUT2D eigenvalue weighted by atomic mass is 10.1. The summed E-state index contributed by atoms with van der Waals surface area (Å²) in [5.74, 6) is -1.68. The second-order valence-corrected chi connectivity index (χ2v) is 6.70. The molecule has 2 N–H and O–H groups in total. The lowest BCUT2D eigenvalue weighted by Gasteiger charge is -2.12. The van der Waals surface area contributed by atoms with Crippen molar-refractivity contribution in [3.8, 4) is 5.82 Å². The molecule has 0 aliphatic rings. The van der Waals surface area contributed by atoms with Gasteiger partial charge in [-0.15, -0.1) is 0 Å². The van der Waals surface area contributed by atoms with Gasteiger partial charge >= 0.3 is 6.18 Å². The van der Waals surface area contributed by atoms with Gasteiger partial charge in [0, 0.05) is 24.3 Å². The fourth-order valence-electron chi connectivity index (χ4n) is 2.51. The first-order valence-corrected chi connectivity index (χ1v) is 8.98. The van der Waals surface area contributed by atoms with E-state index in [1.165, 1.54) is 43.6 Å². The topological polar surface area (TPSA) is 88.9 Å². The fraction of sp³-hybridized carbons (Fsp3) is 0.111. The molecule has 0 atom stereocenters. The number of amides is 2. The van der Waals surface area contributed by atoms with Crippen LogP contribution in [0.1, 0.15) is 26.5 Å². The Kier molecular flexibility index (Phi) is 5.99. The quantitative estimate of drug-likeness (QED) is 0.614. The van der Waals surface area contributed by atoms with E-state index in [0.717, 1.165) is 0 Å². The van der Waals surface area contributed by atoms with Crippen molar-refractivity contribution in [3.05, 3.63) is 69.6 Å². The number of carbonyl (C=O) groups excluding carboxylic acids is 2. The second-order valence-electron chi connectivity index (χ2n) is 5.86. The van der Waals surface area contributed by atoms with E-state index in [-0.39, 0.29) is 27.1 Å². The van der Waals surface area contributed by atoms with E-state index in [0.29, 0.717) is 10.7 Å². The summed E-state index contributed by atoms with van der Waals surface area (Å²) >= 11 is 11.9. The number of alkyl halides is 3. The lowest BCUT2D eigenvalue weighted by Crippen LogP contribution is -2.23. The van der Waals surface area contributed by atoms with E-state index in [9.17, 15) is 22.8 Å². The monoisotopic (exact) mass is 457 g/mol. The SMILES string of the molecule is CNC(=O)c1ccc(Cl)cc1NC(=O)c1cc(C(F)(F)F)nn1-c1ncccc1Cl. The number of hydrogen-bond acceptors (Lipinski definition) is 4. The van der Waals surface area contributed by atoms with Crippen LogP contribution in [0.25, 0.3) is 5.82 Å². The van der Waals surface area contributed by atoms with Gasteiger partial charge in [-0.25, -0.2) is 9.67 Å². The minimum atomic E-state index is -4.81. The molecule has 12 heteroatoms. The van der Waals surface area contributed by atoms with E-state index in [2.05, 4.69) is 20.7 Å². The van der Waals surface area contributed by atoms with Gasteiger partial charge in [-0.2, -0.15) is 18.3 Å². The molecule has 0 unspecified atom stereocenters. The highest BCUT2D eigenvalue weighted by Crippen LogP contribution is 2.31. The van der Waals surface area contributed by atoms with Crippen LogP contribution in [-0.4, -0.2) is 33.6 Å². The Hall–Kier alpha value is -3.11. The third-order valence-corrected chi connectivity index (χ3v) is 4.40. The zero-order valence-corrected chi connectivity index (χ0v) is 16.6. The van der Waals surface area contributed by atoms with Crippen molar-refractivity contribution >= 4 is 40.7 Å². The highest BCUT2D eigenvalue weighted by Gasteiger charge is 2.36. The van der Waals surface area contributed by atoms with Gasteiger partial charge in [0.1, 0.15) is 5.69 Å². The smallest absolute Gasteiger partial charge is 0.355 e.